The minimum Gasteiger partial charge on any atom is -0.0620 e. The molecule has 0 unspecified atom stereocenters. The summed E-state index contributed by atoms with van der Waals surface area (Å²) < 4.78 is 0. The average molecular weight is 260 g/mol. The van der Waals surface area contributed by atoms with E-state index in [0.717, 1.165) is 6.42 Å². The van der Waals surface area contributed by atoms with Gasteiger partial charge in [0.25, 0.3) is 0 Å². The fourth-order valence-corrected chi connectivity index (χ4v) is 3.70. The molecule has 4 aliphatic rings. The lowest BCUT2D eigenvalue weighted by Gasteiger charge is -2.15. The van der Waals surface area contributed by atoms with Crippen LogP contribution in [0.1, 0.15) is 38.5 Å². The maximum absolute atomic E-state index is 2.48. The Kier molecular flexibility index (Phi) is 2.95. The Bertz CT molecular complexity index is 654. The van der Waals surface area contributed by atoms with Gasteiger partial charge < -0.3 is 0 Å². The first kappa shape index (κ1) is 12.0. The molecule has 0 fully saturated rings. The Morgan fingerprint density at radius 3 is 2.65 bits per heavy atom. The molecule has 0 aromatic carbocycles. The van der Waals surface area contributed by atoms with Crippen molar-refractivity contribution in [1.82, 2.24) is 0 Å². The number of rotatable bonds is 0. The van der Waals surface area contributed by atoms with E-state index in [9.17, 15) is 0 Å². The van der Waals surface area contributed by atoms with Crippen LogP contribution in [0, 0.1) is 0 Å². The number of hydrogen-bond acceptors (Lipinski definition) is 0. The zero-order valence-corrected chi connectivity index (χ0v) is 11.9. The molecule has 0 nitrogen and oxygen atoms in total. The van der Waals surface area contributed by atoms with Gasteiger partial charge in [0, 0.05) is 0 Å². The third-order valence-electron chi connectivity index (χ3n) is 4.73. The van der Waals surface area contributed by atoms with Crippen molar-refractivity contribution in [1.29, 1.82) is 0 Å². The zero-order chi connectivity index (χ0) is 13.4. The van der Waals surface area contributed by atoms with Gasteiger partial charge in [-0.2, -0.15) is 0 Å². The Morgan fingerprint density at radius 2 is 1.65 bits per heavy atom. The standard InChI is InChI=1S/C20H20/c1-2-9-17-14-20-16-10-5-4-7-15(13-16)8-6-12-19(20)18(17)11-3-1/h4-8,10,12,14H,1-3,9,11,13H2. The van der Waals surface area contributed by atoms with Gasteiger partial charge in [0.15, 0.2) is 0 Å². The second kappa shape index (κ2) is 4.94. The minimum absolute atomic E-state index is 1.06. The highest BCUT2D eigenvalue weighted by Gasteiger charge is 2.25. The van der Waals surface area contributed by atoms with Crippen molar-refractivity contribution in [2.75, 3.05) is 0 Å². The molecule has 0 heterocycles. The molecule has 0 heteroatoms. The van der Waals surface area contributed by atoms with Crippen molar-refractivity contribution < 1.29 is 0 Å². The second-order valence-corrected chi connectivity index (χ2v) is 6.06. The molecule has 100 valence electrons. The van der Waals surface area contributed by atoms with E-state index in [0.29, 0.717) is 0 Å². The molecule has 0 aromatic rings. The zero-order valence-electron chi connectivity index (χ0n) is 11.9. The molecule has 4 aliphatic carbocycles. The topological polar surface area (TPSA) is 0 Å². The van der Waals surface area contributed by atoms with E-state index >= 15 is 0 Å². The summed E-state index contributed by atoms with van der Waals surface area (Å²) in [6, 6.07) is 0. The van der Waals surface area contributed by atoms with Crippen LogP contribution in [0.2, 0.25) is 0 Å². The van der Waals surface area contributed by atoms with Crippen molar-refractivity contribution in [3.63, 3.8) is 0 Å². The predicted molar refractivity (Wildman–Crippen MR) is 85.3 cm³/mol. The summed E-state index contributed by atoms with van der Waals surface area (Å²) in [4.78, 5) is 0. The summed E-state index contributed by atoms with van der Waals surface area (Å²) in [5, 5.41) is 0. The normalized spacial score (nSPS) is 24.4. The van der Waals surface area contributed by atoms with Crippen molar-refractivity contribution in [3.05, 3.63) is 82.0 Å². The molecule has 0 saturated heterocycles. The van der Waals surface area contributed by atoms with Crippen LogP contribution in [0.25, 0.3) is 0 Å². The summed E-state index contributed by atoms with van der Waals surface area (Å²) in [6.07, 6.45) is 25.9. The molecule has 0 saturated carbocycles. The largest absolute Gasteiger partial charge is 0.0620 e. The maximum Gasteiger partial charge on any atom is -0.00196 e. The molecule has 0 spiro atoms. The molecular weight excluding hydrogens is 240 g/mol. The van der Waals surface area contributed by atoms with Crippen molar-refractivity contribution >= 4 is 0 Å². The highest BCUT2D eigenvalue weighted by atomic mass is 14.3. The summed E-state index contributed by atoms with van der Waals surface area (Å²) in [6.45, 7) is 0. The van der Waals surface area contributed by atoms with E-state index < -0.39 is 0 Å². The quantitative estimate of drug-likeness (QED) is 0.540. The van der Waals surface area contributed by atoms with Crippen LogP contribution in [0.4, 0.5) is 0 Å². The monoisotopic (exact) mass is 260 g/mol. The second-order valence-electron chi connectivity index (χ2n) is 6.06. The van der Waals surface area contributed by atoms with Crippen LogP contribution in [0.5, 0.6) is 0 Å². The van der Waals surface area contributed by atoms with Gasteiger partial charge in [0.05, 0.1) is 0 Å². The third-order valence-corrected chi connectivity index (χ3v) is 4.73. The minimum atomic E-state index is 1.06. The van der Waals surface area contributed by atoms with E-state index in [-0.39, 0.29) is 0 Å². The van der Waals surface area contributed by atoms with Crippen molar-refractivity contribution in [3.8, 4) is 0 Å². The van der Waals surface area contributed by atoms with Gasteiger partial charge in [-0.25, -0.2) is 0 Å². The van der Waals surface area contributed by atoms with E-state index in [1.165, 1.54) is 54.4 Å². The SMILES string of the molecule is C1=CC=C2CC(=C1)C=CC=C1C2=CC2=C1CCCCC2. The molecule has 2 bridgehead atoms. The molecule has 0 atom stereocenters. The first-order valence-corrected chi connectivity index (χ1v) is 7.81. The Balaban J connectivity index is 1.84. The van der Waals surface area contributed by atoms with E-state index in [1.54, 1.807) is 11.1 Å². The molecule has 0 aliphatic heterocycles. The van der Waals surface area contributed by atoms with E-state index in [4.69, 9.17) is 0 Å². The van der Waals surface area contributed by atoms with Crippen molar-refractivity contribution in [2.45, 2.75) is 38.5 Å². The van der Waals surface area contributed by atoms with Crippen LogP contribution >= 0.6 is 0 Å². The first-order chi connectivity index (χ1) is 9.92. The summed E-state index contributed by atoms with van der Waals surface area (Å²) in [7, 11) is 0. The van der Waals surface area contributed by atoms with Gasteiger partial charge in [0.1, 0.15) is 0 Å². The number of fused-ring (bicyclic) bond motifs is 5. The van der Waals surface area contributed by atoms with Gasteiger partial charge in [-0.3, -0.25) is 0 Å². The van der Waals surface area contributed by atoms with Gasteiger partial charge in [0.2, 0.25) is 0 Å². The Labute approximate surface area is 121 Å². The van der Waals surface area contributed by atoms with Crippen LogP contribution in [0.3, 0.4) is 0 Å². The van der Waals surface area contributed by atoms with E-state index in [2.05, 4.69) is 48.6 Å². The maximum atomic E-state index is 2.48. The van der Waals surface area contributed by atoms with E-state index in [1.807, 2.05) is 0 Å². The molecule has 0 radical (unpaired) electrons. The predicted octanol–water partition coefficient (Wildman–Crippen LogP) is 5.50. The molecule has 0 amide bonds. The van der Waals surface area contributed by atoms with Gasteiger partial charge in [-0.1, -0.05) is 55.0 Å². The molecule has 0 aromatic heterocycles. The van der Waals surface area contributed by atoms with Gasteiger partial charge in [-0.15, -0.1) is 0 Å². The number of allylic oxidation sites excluding steroid dienone is 14. The lowest BCUT2D eigenvalue weighted by atomic mass is 9.89. The summed E-state index contributed by atoms with van der Waals surface area (Å²) in [5.41, 5.74) is 9.11. The van der Waals surface area contributed by atoms with Crippen LogP contribution in [0.15, 0.2) is 82.0 Å². The third kappa shape index (κ3) is 2.00. The van der Waals surface area contributed by atoms with Crippen molar-refractivity contribution in [2.24, 2.45) is 0 Å². The van der Waals surface area contributed by atoms with Crippen LogP contribution < -0.4 is 0 Å². The highest BCUT2D eigenvalue weighted by molar-refractivity contribution is 5.68. The summed E-state index contributed by atoms with van der Waals surface area (Å²) in [5.74, 6) is 0. The smallest absolute Gasteiger partial charge is 0.00196 e. The average Bonchev–Trinajstić information content (AvgIpc) is 2.68. The lowest BCUT2D eigenvalue weighted by molar-refractivity contribution is 0.708. The fourth-order valence-electron chi connectivity index (χ4n) is 3.70. The Morgan fingerprint density at radius 1 is 0.750 bits per heavy atom. The molecule has 4 rings (SSSR count). The van der Waals surface area contributed by atoms with Gasteiger partial charge in [-0.05, 0) is 65.5 Å². The van der Waals surface area contributed by atoms with Gasteiger partial charge >= 0.3 is 0 Å². The Hall–Kier alpha value is -1.82. The number of hydrogen-bond donors (Lipinski definition) is 0. The fraction of sp³-hybridized carbons (Fsp3) is 0.300. The highest BCUT2D eigenvalue weighted by Crippen LogP contribution is 2.44. The lowest BCUT2D eigenvalue weighted by Crippen LogP contribution is -1.97. The van der Waals surface area contributed by atoms with Crippen LogP contribution in [-0.2, 0) is 0 Å². The van der Waals surface area contributed by atoms with Crippen LogP contribution in [-0.4, -0.2) is 0 Å². The molecular formula is C20H20. The first-order valence-electron chi connectivity index (χ1n) is 7.81. The summed E-state index contributed by atoms with van der Waals surface area (Å²) >= 11 is 0. The molecule has 20 heavy (non-hydrogen) atoms. The molecule has 0 N–H and O–H groups in total.